The van der Waals surface area contributed by atoms with Crippen molar-refractivity contribution < 1.29 is 34.0 Å². The summed E-state index contributed by atoms with van der Waals surface area (Å²) in [6, 6.07) is 0. The van der Waals surface area contributed by atoms with Crippen molar-refractivity contribution in [2.45, 2.75) is 69.6 Å². The molecule has 0 aliphatic carbocycles. The number of aliphatic hydroxyl groups is 3. The van der Waals surface area contributed by atoms with Gasteiger partial charge in [0, 0.05) is 6.42 Å². The van der Waals surface area contributed by atoms with Crippen LogP contribution >= 0.6 is 19.2 Å². The normalized spacial score (nSPS) is 28.6. The molecule has 11 nitrogen and oxygen atoms in total. The molecule has 162 valence electrons. The molecule has 4 N–H and O–H groups in total. The first-order valence-electron chi connectivity index (χ1n) is 9.04. The second-order valence-electron chi connectivity index (χ2n) is 7.42. The third-order valence-corrected chi connectivity index (χ3v) is 7.10. The molecule has 0 amide bonds. The predicted octanol–water partition coefficient (Wildman–Crippen LogP) is 1.20. The minimum absolute atomic E-state index is 0.0221. The molecule has 0 radical (unpaired) electrons. The molecule has 0 bridgehead atoms. The van der Waals surface area contributed by atoms with Gasteiger partial charge in [-0.2, -0.15) is 0 Å². The molecule has 2 aromatic rings. The van der Waals surface area contributed by atoms with Crippen LogP contribution in [0.3, 0.4) is 0 Å². The fraction of sp³-hybridized carbons (Fsp3) is 0.688. The molecule has 0 aromatic carbocycles. The van der Waals surface area contributed by atoms with Crippen LogP contribution in [0.25, 0.3) is 11.2 Å². The van der Waals surface area contributed by atoms with Gasteiger partial charge in [0.25, 0.3) is 0 Å². The number of rotatable bonds is 7. The lowest BCUT2D eigenvalue weighted by molar-refractivity contribution is -0.0487. The lowest BCUT2D eigenvalue weighted by atomic mass is 10.0. The van der Waals surface area contributed by atoms with E-state index >= 15 is 0 Å². The van der Waals surface area contributed by atoms with Gasteiger partial charge < -0.3 is 29.5 Å². The van der Waals surface area contributed by atoms with E-state index in [0.29, 0.717) is 17.6 Å². The highest BCUT2D eigenvalue weighted by molar-refractivity contribution is 7.54. The second-order valence-corrected chi connectivity index (χ2v) is 10.1. The Kier molecular flexibility index (Phi) is 6.34. The molecule has 0 saturated carbocycles. The van der Waals surface area contributed by atoms with E-state index < -0.39 is 43.6 Å². The average molecular weight is 451 g/mol. The van der Waals surface area contributed by atoms with Gasteiger partial charge in [0.15, 0.2) is 22.4 Å². The zero-order chi connectivity index (χ0) is 21.6. The number of hydrogen-bond acceptors (Lipinski definition) is 9. The van der Waals surface area contributed by atoms with Crippen LogP contribution in [0.5, 0.6) is 0 Å². The van der Waals surface area contributed by atoms with Gasteiger partial charge in [0.1, 0.15) is 24.1 Å². The average Bonchev–Trinajstić information content (AvgIpc) is 3.17. The third-order valence-electron chi connectivity index (χ3n) is 4.86. The fourth-order valence-electron chi connectivity index (χ4n) is 3.04. The second kappa shape index (κ2) is 8.16. The van der Waals surface area contributed by atoms with Crippen LogP contribution in [-0.2, 0) is 13.8 Å². The lowest BCUT2D eigenvalue weighted by Gasteiger charge is -2.29. The van der Waals surface area contributed by atoms with E-state index in [1.807, 2.05) is 0 Å². The van der Waals surface area contributed by atoms with Crippen LogP contribution in [0.4, 0.5) is 0 Å². The summed E-state index contributed by atoms with van der Waals surface area (Å²) >= 11 is 5.99. The van der Waals surface area contributed by atoms with Crippen LogP contribution in [-0.4, -0.2) is 69.5 Å². The topological polar surface area (TPSA) is 160 Å². The van der Waals surface area contributed by atoms with Crippen molar-refractivity contribution >= 4 is 30.4 Å². The van der Waals surface area contributed by atoms with Gasteiger partial charge in [0.2, 0.25) is 0 Å². The summed E-state index contributed by atoms with van der Waals surface area (Å²) in [5.74, 6) is 0. The number of ether oxygens (including phenoxy) is 1. The van der Waals surface area contributed by atoms with Gasteiger partial charge in [-0.15, -0.1) is 0 Å². The van der Waals surface area contributed by atoms with Gasteiger partial charge >= 0.3 is 7.60 Å². The first kappa shape index (κ1) is 22.5. The highest BCUT2D eigenvalue weighted by Gasteiger charge is 2.47. The van der Waals surface area contributed by atoms with Crippen molar-refractivity contribution in [2.75, 3.05) is 0 Å². The number of aliphatic hydroxyl groups excluding tert-OH is 2. The first-order valence-corrected chi connectivity index (χ1v) is 11.0. The molecule has 2 unspecified atom stereocenters. The highest BCUT2D eigenvalue weighted by atomic mass is 35.5. The summed E-state index contributed by atoms with van der Waals surface area (Å²) in [5, 5.41) is 29.0. The number of halogens is 1. The van der Waals surface area contributed by atoms with E-state index in [1.54, 1.807) is 6.92 Å². The highest BCUT2D eigenvalue weighted by Crippen LogP contribution is 2.55. The monoisotopic (exact) mass is 450 g/mol. The molecule has 29 heavy (non-hydrogen) atoms. The largest absolute Gasteiger partial charge is 0.388 e. The lowest BCUT2D eigenvalue weighted by Crippen LogP contribution is -2.34. The Balaban J connectivity index is 1.78. The quantitative estimate of drug-likeness (QED) is 0.356. The Hall–Kier alpha value is -1.17. The van der Waals surface area contributed by atoms with Crippen molar-refractivity contribution in [2.24, 2.45) is 0 Å². The first-order chi connectivity index (χ1) is 13.5. The summed E-state index contributed by atoms with van der Waals surface area (Å²) in [5.41, 5.74) is 0.649. The Morgan fingerprint density at radius 2 is 2.03 bits per heavy atom. The van der Waals surface area contributed by atoms with Crippen molar-refractivity contribution in [3.8, 4) is 0 Å². The van der Waals surface area contributed by atoms with Crippen molar-refractivity contribution in [1.29, 1.82) is 0 Å². The maximum atomic E-state index is 12.2. The van der Waals surface area contributed by atoms with Gasteiger partial charge in [0.05, 0.1) is 18.5 Å². The van der Waals surface area contributed by atoms with E-state index in [2.05, 4.69) is 15.0 Å². The molecular weight excluding hydrogens is 427 g/mol. The molecule has 1 saturated heterocycles. The standard InChI is InChI=1S/C16H24ClN4O7P/c1-4-8(28-29(25,26)16(2,3)24)5-9-11(22)12(23)15(27-9)21-7-20-10-13(17)18-6-19-14(10)21/h6-9,11-12,15,22-24H,4-5H2,1-3H3,(H,25,26)/t8?,9-,11-,12-,15-/m1/s1. The Labute approximate surface area is 171 Å². The molecule has 3 rings (SSSR count). The van der Waals surface area contributed by atoms with Crippen LogP contribution in [0.15, 0.2) is 12.7 Å². The molecule has 1 aliphatic heterocycles. The van der Waals surface area contributed by atoms with Crippen molar-refractivity contribution in [3.63, 3.8) is 0 Å². The Morgan fingerprint density at radius 1 is 1.34 bits per heavy atom. The number of hydrogen-bond donors (Lipinski definition) is 4. The van der Waals surface area contributed by atoms with Gasteiger partial charge in [-0.3, -0.25) is 9.13 Å². The minimum atomic E-state index is -4.33. The van der Waals surface area contributed by atoms with Crippen molar-refractivity contribution in [1.82, 2.24) is 19.5 Å². The van der Waals surface area contributed by atoms with Crippen LogP contribution in [0, 0.1) is 0 Å². The zero-order valence-corrected chi connectivity index (χ0v) is 17.7. The molecule has 1 fully saturated rings. The molecule has 6 atom stereocenters. The van der Waals surface area contributed by atoms with E-state index in [9.17, 15) is 24.8 Å². The minimum Gasteiger partial charge on any atom is -0.388 e. The smallest absolute Gasteiger partial charge is 0.359 e. The number of fused-ring (bicyclic) bond motifs is 1. The molecule has 3 heterocycles. The van der Waals surface area contributed by atoms with E-state index in [1.165, 1.54) is 31.1 Å². The van der Waals surface area contributed by atoms with Crippen LogP contribution in [0.2, 0.25) is 5.15 Å². The van der Waals surface area contributed by atoms with Crippen LogP contribution < -0.4 is 0 Å². The summed E-state index contributed by atoms with van der Waals surface area (Å²) in [6.07, 6.45) is -2.31. The summed E-state index contributed by atoms with van der Waals surface area (Å²) in [4.78, 5) is 22.0. The van der Waals surface area contributed by atoms with E-state index in [-0.39, 0.29) is 11.6 Å². The summed E-state index contributed by atoms with van der Waals surface area (Å²) in [6.45, 7) is 4.09. The van der Waals surface area contributed by atoms with Gasteiger partial charge in [-0.05, 0) is 20.3 Å². The molecule has 1 aliphatic rings. The van der Waals surface area contributed by atoms with Gasteiger partial charge in [-0.1, -0.05) is 18.5 Å². The molecule has 2 aromatic heterocycles. The summed E-state index contributed by atoms with van der Waals surface area (Å²) < 4.78 is 24.7. The fourth-order valence-corrected chi connectivity index (χ4v) is 4.11. The van der Waals surface area contributed by atoms with E-state index in [0.717, 1.165) is 0 Å². The predicted molar refractivity (Wildman–Crippen MR) is 102 cm³/mol. The summed E-state index contributed by atoms with van der Waals surface area (Å²) in [7, 11) is -4.33. The number of imidazole rings is 1. The van der Waals surface area contributed by atoms with Crippen LogP contribution in [0.1, 0.15) is 39.8 Å². The maximum Gasteiger partial charge on any atom is 0.359 e. The number of nitrogens with zero attached hydrogens (tertiary/aromatic N) is 4. The van der Waals surface area contributed by atoms with Gasteiger partial charge in [-0.25, -0.2) is 15.0 Å². The Morgan fingerprint density at radius 3 is 2.66 bits per heavy atom. The third kappa shape index (κ3) is 4.33. The molecule has 13 heteroatoms. The van der Waals surface area contributed by atoms with Crippen molar-refractivity contribution in [3.05, 3.63) is 17.8 Å². The number of aromatic nitrogens is 4. The zero-order valence-electron chi connectivity index (χ0n) is 16.1. The maximum absolute atomic E-state index is 12.2. The molecule has 0 spiro atoms. The Bertz CT molecular complexity index is 920. The SMILES string of the molecule is CCC(C[C@H]1O[C@@H](n2cnc3c(Cl)ncnc32)[C@H](O)[C@@H]1O)OP(=O)(O)C(C)(C)O. The molecular formula is C16H24ClN4O7P. The van der Waals surface area contributed by atoms with E-state index in [4.69, 9.17) is 20.9 Å².